The summed E-state index contributed by atoms with van der Waals surface area (Å²) in [6, 6.07) is -3.97. The number of nitrogens with one attached hydrogen (secondary N) is 5. The van der Waals surface area contributed by atoms with Gasteiger partial charge < -0.3 is 36.5 Å². The second-order valence-electron chi connectivity index (χ2n) is 7.90. The Kier molecular flexibility index (Phi) is 10.6. The van der Waals surface area contributed by atoms with E-state index in [1.165, 1.54) is 31.2 Å². The normalized spacial score (nSPS) is 19.2. The van der Waals surface area contributed by atoms with E-state index in [9.17, 15) is 29.4 Å². The predicted molar refractivity (Wildman–Crippen MR) is 121 cm³/mol. The predicted octanol–water partition coefficient (Wildman–Crippen LogP) is -1.62. The number of aliphatic hydroxyl groups is 1. The molecule has 1 aliphatic heterocycles. The molecule has 0 saturated carbocycles. The van der Waals surface area contributed by atoms with E-state index in [0.717, 1.165) is 6.42 Å². The zero-order chi connectivity index (χ0) is 24.4. The summed E-state index contributed by atoms with van der Waals surface area (Å²) in [6.45, 7) is 2.07. The minimum Gasteiger partial charge on any atom is -0.480 e. The molecule has 1 saturated heterocycles. The summed E-state index contributed by atoms with van der Waals surface area (Å²) in [5.74, 6) is -2.50. The Bertz CT molecular complexity index is 799. The van der Waals surface area contributed by atoms with Gasteiger partial charge in [0.15, 0.2) is 0 Å². The van der Waals surface area contributed by atoms with Crippen molar-refractivity contribution in [3.05, 3.63) is 18.2 Å². The number of aromatic amines is 1. The van der Waals surface area contributed by atoms with Crippen LogP contribution in [0.1, 0.15) is 31.9 Å². The van der Waals surface area contributed by atoms with Crippen molar-refractivity contribution in [1.82, 2.24) is 31.2 Å². The molecule has 3 amide bonds. The van der Waals surface area contributed by atoms with E-state index in [2.05, 4.69) is 31.2 Å². The summed E-state index contributed by atoms with van der Waals surface area (Å²) in [5.41, 5.74) is 0.532. The van der Waals surface area contributed by atoms with Gasteiger partial charge >= 0.3 is 5.97 Å². The molecular formula is C20H32N6O6S. The lowest BCUT2D eigenvalue weighted by Gasteiger charge is -2.26. The fourth-order valence-corrected chi connectivity index (χ4v) is 3.89. The standard InChI is InChI=1S/C20H32N6O6S/c1-11(27)16(26-17(28)13-4-3-6-22-13)19(30)24-14(5-7-33-2)18(29)25-15(20(31)32)8-12-9-21-10-23-12/h9-11,13-16,22,27H,3-8H2,1-2H3,(H,21,23)(H,24,30)(H,25,29)(H,26,28)(H,31,32). The van der Waals surface area contributed by atoms with Crippen molar-refractivity contribution in [3.8, 4) is 0 Å². The first-order valence-electron chi connectivity index (χ1n) is 10.7. The number of carbonyl (C=O) groups is 4. The van der Waals surface area contributed by atoms with Crippen molar-refractivity contribution >= 4 is 35.5 Å². The van der Waals surface area contributed by atoms with Gasteiger partial charge in [0.25, 0.3) is 0 Å². The quantitative estimate of drug-likeness (QED) is 0.173. The molecule has 2 heterocycles. The maximum absolute atomic E-state index is 12.9. The van der Waals surface area contributed by atoms with Crippen molar-refractivity contribution in [3.63, 3.8) is 0 Å². The number of H-pyrrole nitrogens is 1. The molecule has 2 rings (SSSR count). The highest BCUT2D eigenvalue weighted by Crippen LogP contribution is 2.08. The second kappa shape index (κ2) is 13.2. The fourth-order valence-electron chi connectivity index (χ4n) is 3.42. The van der Waals surface area contributed by atoms with Gasteiger partial charge in [-0.05, 0) is 44.7 Å². The Morgan fingerprint density at radius 1 is 1.21 bits per heavy atom. The number of rotatable bonds is 13. The van der Waals surface area contributed by atoms with Crippen LogP contribution in [0.25, 0.3) is 0 Å². The van der Waals surface area contributed by atoms with Gasteiger partial charge in [0.1, 0.15) is 18.1 Å². The topological polar surface area (TPSA) is 186 Å². The van der Waals surface area contributed by atoms with Crippen LogP contribution in [-0.2, 0) is 25.6 Å². The maximum Gasteiger partial charge on any atom is 0.326 e. The van der Waals surface area contributed by atoms with Crippen molar-refractivity contribution in [2.45, 2.75) is 62.9 Å². The average Bonchev–Trinajstić information content (AvgIpc) is 3.48. The number of hydrogen-bond acceptors (Lipinski definition) is 8. The third kappa shape index (κ3) is 8.33. The number of nitrogens with zero attached hydrogens (tertiary/aromatic N) is 1. The van der Waals surface area contributed by atoms with Gasteiger partial charge in [-0.2, -0.15) is 11.8 Å². The summed E-state index contributed by atoms with van der Waals surface area (Å²) < 4.78 is 0. The first-order chi connectivity index (χ1) is 15.7. The molecule has 5 unspecified atom stereocenters. The SMILES string of the molecule is CSCCC(NC(=O)C(NC(=O)C1CCCN1)C(C)O)C(=O)NC(Cc1cnc[nH]1)C(=O)O. The molecule has 12 nitrogen and oxygen atoms in total. The highest BCUT2D eigenvalue weighted by Gasteiger charge is 2.33. The lowest BCUT2D eigenvalue weighted by Crippen LogP contribution is -2.59. The number of aliphatic hydroxyl groups excluding tert-OH is 1. The number of imidazole rings is 1. The molecule has 33 heavy (non-hydrogen) atoms. The number of carboxylic acid groups (broad SMARTS) is 1. The Morgan fingerprint density at radius 2 is 1.94 bits per heavy atom. The number of aliphatic carboxylic acids is 1. The van der Waals surface area contributed by atoms with Gasteiger partial charge in [0, 0.05) is 18.3 Å². The Labute approximate surface area is 196 Å². The molecule has 1 aliphatic rings. The molecule has 7 N–H and O–H groups in total. The van der Waals surface area contributed by atoms with Gasteiger partial charge in [0.2, 0.25) is 17.7 Å². The Morgan fingerprint density at radius 3 is 2.48 bits per heavy atom. The van der Waals surface area contributed by atoms with Gasteiger partial charge in [-0.25, -0.2) is 9.78 Å². The minimum absolute atomic E-state index is 0.00892. The van der Waals surface area contributed by atoms with E-state index >= 15 is 0 Å². The van der Waals surface area contributed by atoms with Crippen molar-refractivity contribution < 1.29 is 29.4 Å². The summed E-state index contributed by atoms with van der Waals surface area (Å²) in [5, 5.41) is 30.1. The smallest absolute Gasteiger partial charge is 0.326 e. The van der Waals surface area contributed by atoms with Crippen LogP contribution in [0, 0.1) is 0 Å². The molecule has 0 spiro atoms. The molecular weight excluding hydrogens is 452 g/mol. The molecule has 184 valence electrons. The van der Waals surface area contributed by atoms with Crippen molar-refractivity contribution in [2.24, 2.45) is 0 Å². The minimum atomic E-state index is -1.26. The van der Waals surface area contributed by atoms with E-state index in [-0.39, 0.29) is 12.8 Å². The van der Waals surface area contributed by atoms with Gasteiger partial charge in [-0.3, -0.25) is 14.4 Å². The number of amides is 3. The molecule has 0 aliphatic carbocycles. The molecule has 0 aromatic carbocycles. The zero-order valence-corrected chi connectivity index (χ0v) is 19.5. The van der Waals surface area contributed by atoms with Crippen molar-refractivity contribution in [2.75, 3.05) is 18.6 Å². The second-order valence-corrected chi connectivity index (χ2v) is 8.88. The number of carboxylic acids is 1. The Hall–Kier alpha value is -2.64. The lowest BCUT2D eigenvalue weighted by molar-refractivity contribution is -0.142. The monoisotopic (exact) mass is 484 g/mol. The van der Waals surface area contributed by atoms with Crippen LogP contribution in [0.3, 0.4) is 0 Å². The first kappa shape index (κ1) is 26.6. The van der Waals surface area contributed by atoms with Crippen LogP contribution in [0.15, 0.2) is 12.5 Å². The number of aromatic nitrogens is 2. The molecule has 1 aromatic rings. The molecule has 0 bridgehead atoms. The van der Waals surface area contributed by atoms with E-state index in [1.807, 2.05) is 6.26 Å². The van der Waals surface area contributed by atoms with Crippen LogP contribution in [0.2, 0.25) is 0 Å². The molecule has 1 aromatic heterocycles. The van der Waals surface area contributed by atoms with Gasteiger partial charge in [0.05, 0.1) is 18.5 Å². The summed E-state index contributed by atoms with van der Waals surface area (Å²) in [6.07, 6.45) is 5.20. The van der Waals surface area contributed by atoms with E-state index in [1.54, 1.807) is 0 Å². The van der Waals surface area contributed by atoms with Crippen LogP contribution in [-0.4, -0.2) is 92.7 Å². The lowest BCUT2D eigenvalue weighted by atomic mass is 10.1. The van der Waals surface area contributed by atoms with Crippen LogP contribution in [0.4, 0.5) is 0 Å². The summed E-state index contributed by atoms with van der Waals surface area (Å²) in [7, 11) is 0. The largest absolute Gasteiger partial charge is 0.480 e. The number of carbonyl (C=O) groups excluding carboxylic acids is 3. The van der Waals surface area contributed by atoms with E-state index < -0.39 is 54.0 Å². The molecule has 5 atom stereocenters. The fraction of sp³-hybridized carbons (Fsp3) is 0.650. The van der Waals surface area contributed by atoms with Gasteiger partial charge in [-0.15, -0.1) is 0 Å². The molecule has 1 fully saturated rings. The molecule has 13 heteroatoms. The van der Waals surface area contributed by atoms with E-state index in [4.69, 9.17) is 0 Å². The highest BCUT2D eigenvalue weighted by molar-refractivity contribution is 7.98. The van der Waals surface area contributed by atoms with Crippen LogP contribution in [0.5, 0.6) is 0 Å². The van der Waals surface area contributed by atoms with Crippen molar-refractivity contribution in [1.29, 1.82) is 0 Å². The molecule has 0 radical (unpaired) electrons. The zero-order valence-electron chi connectivity index (χ0n) is 18.7. The first-order valence-corrected chi connectivity index (χ1v) is 12.1. The average molecular weight is 485 g/mol. The third-order valence-corrected chi connectivity index (χ3v) is 5.92. The van der Waals surface area contributed by atoms with Crippen LogP contribution >= 0.6 is 11.8 Å². The van der Waals surface area contributed by atoms with Crippen LogP contribution < -0.4 is 21.3 Å². The van der Waals surface area contributed by atoms with E-state index in [0.29, 0.717) is 24.4 Å². The third-order valence-electron chi connectivity index (χ3n) is 5.28. The summed E-state index contributed by atoms with van der Waals surface area (Å²) in [4.78, 5) is 56.4. The Balaban J connectivity index is 2.05. The number of thioether (sulfide) groups is 1. The maximum atomic E-state index is 12.9. The number of hydrogen-bond donors (Lipinski definition) is 7. The van der Waals surface area contributed by atoms with Gasteiger partial charge in [-0.1, -0.05) is 0 Å². The summed E-state index contributed by atoms with van der Waals surface area (Å²) >= 11 is 1.46. The highest BCUT2D eigenvalue weighted by atomic mass is 32.2.